The normalized spacial score (nSPS) is 45.7. The van der Waals surface area contributed by atoms with Crippen molar-refractivity contribution in [3.8, 4) is 11.5 Å². The highest BCUT2D eigenvalue weighted by molar-refractivity contribution is 5.87. The van der Waals surface area contributed by atoms with Crippen LogP contribution in [0.15, 0.2) is 36.6 Å². The molecule has 0 aromatic heterocycles. The maximum atomic E-state index is 12.8. The number of carbonyl (C=O) groups excluding carboxylic acids is 1. The van der Waals surface area contributed by atoms with E-state index in [1.807, 2.05) is 0 Å². The van der Waals surface area contributed by atoms with Crippen molar-refractivity contribution in [1.82, 2.24) is 0 Å². The molecule has 4 aliphatic heterocycles. The van der Waals surface area contributed by atoms with E-state index in [0.717, 1.165) is 6.08 Å². The molecule has 4 fully saturated rings. The number of phenols is 2. The second-order valence-electron chi connectivity index (χ2n) is 12.2. The summed E-state index contributed by atoms with van der Waals surface area (Å²) >= 11 is 0. The third kappa shape index (κ3) is 6.11. The van der Waals surface area contributed by atoms with Gasteiger partial charge in [-0.2, -0.15) is 0 Å². The number of rotatable bonds is 9. The van der Waals surface area contributed by atoms with E-state index in [1.165, 1.54) is 37.5 Å². The zero-order chi connectivity index (χ0) is 33.8. The van der Waals surface area contributed by atoms with Gasteiger partial charge < -0.3 is 79.1 Å². The average molecular weight is 671 g/mol. The Balaban J connectivity index is 1.19. The maximum absolute atomic E-state index is 12.8. The van der Waals surface area contributed by atoms with Gasteiger partial charge in [0.25, 0.3) is 0 Å². The zero-order valence-corrected chi connectivity index (χ0v) is 24.9. The Kier molecular flexibility index (Phi) is 9.53. The van der Waals surface area contributed by atoms with Crippen molar-refractivity contribution in [1.29, 1.82) is 0 Å². The van der Waals surface area contributed by atoms with Crippen LogP contribution < -0.4 is 0 Å². The van der Waals surface area contributed by atoms with Crippen LogP contribution in [0, 0.1) is 11.8 Å². The standard InChI is InChI=1S/C30H38O17/c1-11-19(36)22(39)25(44-17(35)5-3-12-2-4-14(33)15(34)8-12)29(42-11)45-24-13-6-7-41-27(18(13)30(10-32)26(24)47-30)46-28-23(40)21(38)20(37)16(9-31)43-28/h2-8,11,13,16,18-29,31-34,36-40H,9-10H2,1H3. The summed E-state index contributed by atoms with van der Waals surface area (Å²) in [5, 5.41) is 91.4. The van der Waals surface area contributed by atoms with Gasteiger partial charge in [0.15, 0.2) is 30.2 Å². The zero-order valence-electron chi connectivity index (χ0n) is 24.9. The Hall–Kier alpha value is -2.91. The monoisotopic (exact) mass is 670 g/mol. The molecule has 16 unspecified atom stereocenters. The number of aliphatic hydroxyl groups is 7. The lowest BCUT2D eigenvalue weighted by Crippen LogP contribution is -2.61. The molecular formula is C30H38O17. The summed E-state index contributed by atoms with van der Waals surface area (Å²) in [5.74, 6) is -3.09. The van der Waals surface area contributed by atoms with Crippen molar-refractivity contribution in [3.63, 3.8) is 0 Å². The van der Waals surface area contributed by atoms with E-state index < -0.39 is 122 Å². The highest BCUT2D eigenvalue weighted by atomic mass is 16.8. The molecule has 17 heteroatoms. The molecule has 0 amide bonds. The SMILES string of the molecule is CC1OC(OC2C3C=COC(OC4OC(CO)C(O)C(O)C4O)C3C3(CO)OC23)C(OC(=O)C=Cc2ccc(O)c(O)c2)C(O)C1O. The molecule has 5 aliphatic rings. The van der Waals surface area contributed by atoms with Crippen LogP contribution in [0.3, 0.4) is 0 Å². The number of hydrogen-bond acceptors (Lipinski definition) is 17. The van der Waals surface area contributed by atoms with Crippen LogP contribution in [0.4, 0.5) is 0 Å². The molecular weight excluding hydrogens is 632 g/mol. The van der Waals surface area contributed by atoms with Gasteiger partial charge in [-0.25, -0.2) is 4.79 Å². The number of aromatic hydroxyl groups is 2. The van der Waals surface area contributed by atoms with E-state index in [0.29, 0.717) is 5.56 Å². The van der Waals surface area contributed by atoms with Gasteiger partial charge in [0.2, 0.25) is 6.29 Å². The smallest absolute Gasteiger partial charge is 0.331 e. The van der Waals surface area contributed by atoms with Crippen LogP contribution >= 0.6 is 0 Å². The fraction of sp³-hybridized carbons (Fsp3) is 0.633. The van der Waals surface area contributed by atoms with Crippen LogP contribution in [0.25, 0.3) is 6.08 Å². The van der Waals surface area contributed by atoms with E-state index in [4.69, 9.17) is 33.2 Å². The highest BCUT2D eigenvalue weighted by Gasteiger charge is 2.77. The van der Waals surface area contributed by atoms with Crippen molar-refractivity contribution < 1.29 is 83.9 Å². The molecule has 1 saturated carbocycles. The number of ether oxygens (including phenoxy) is 7. The molecule has 1 aromatic carbocycles. The van der Waals surface area contributed by atoms with Crippen molar-refractivity contribution in [2.75, 3.05) is 13.2 Å². The summed E-state index contributed by atoms with van der Waals surface area (Å²) in [6, 6.07) is 3.88. The summed E-state index contributed by atoms with van der Waals surface area (Å²) < 4.78 is 40.5. The molecule has 9 N–H and O–H groups in total. The Morgan fingerprint density at radius 3 is 2.36 bits per heavy atom. The number of fused-ring (bicyclic) bond motifs is 3. The first-order valence-electron chi connectivity index (χ1n) is 15.0. The second kappa shape index (κ2) is 13.2. The van der Waals surface area contributed by atoms with E-state index in [2.05, 4.69) is 0 Å². The summed E-state index contributed by atoms with van der Waals surface area (Å²) in [5.41, 5.74) is -0.906. The Bertz CT molecular complexity index is 1350. The minimum atomic E-state index is -1.72. The Labute approximate surface area is 267 Å². The first-order valence-corrected chi connectivity index (χ1v) is 15.0. The van der Waals surface area contributed by atoms with Crippen molar-refractivity contribution >= 4 is 12.0 Å². The molecule has 260 valence electrons. The lowest BCUT2D eigenvalue weighted by atomic mass is 9.85. The summed E-state index contributed by atoms with van der Waals surface area (Å²) in [7, 11) is 0. The van der Waals surface area contributed by atoms with Crippen molar-refractivity contribution in [2.24, 2.45) is 11.8 Å². The Morgan fingerprint density at radius 2 is 1.66 bits per heavy atom. The molecule has 0 radical (unpaired) electrons. The number of epoxide rings is 1. The van der Waals surface area contributed by atoms with E-state index in [9.17, 15) is 50.8 Å². The number of aliphatic hydroxyl groups excluding tert-OH is 7. The number of carbonyl (C=O) groups is 1. The molecule has 47 heavy (non-hydrogen) atoms. The first-order chi connectivity index (χ1) is 22.4. The van der Waals surface area contributed by atoms with E-state index in [-0.39, 0.29) is 5.75 Å². The minimum Gasteiger partial charge on any atom is -0.504 e. The first kappa shape index (κ1) is 34.0. The lowest BCUT2D eigenvalue weighted by Gasteiger charge is -2.44. The molecule has 6 rings (SSSR count). The van der Waals surface area contributed by atoms with Crippen LogP contribution in [0.5, 0.6) is 11.5 Å². The maximum Gasteiger partial charge on any atom is 0.331 e. The fourth-order valence-electron chi connectivity index (χ4n) is 6.68. The lowest BCUT2D eigenvalue weighted by molar-refractivity contribution is -0.347. The van der Waals surface area contributed by atoms with Gasteiger partial charge in [0, 0.05) is 12.0 Å². The fourth-order valence-corrected chi connectivity index (χ4v) is 6.68. The van der Waals surface area contributed by atoms with Crippen LogP contribution in [0.1, 0.15) is 12.5 Å². The molecule has 17 nitrogen and oxygen atoms in total. The van der Waals surface area contributed by atoms with Gasteiger partial charge >= 0.3 is 5.97 Å². The minimum absolute atomic E-state index is 0.347. The predicted octanol–water partition coefficient (Wildman–Crippen LogP) is -3.06. The van der Waals surface area contributed by atoms with Gasteiger partial charge in [-0.1, -0.05) is 6.07 Å². The van der Waals surface area contributed by atoms with Gasteiger partial charge in [-0.3, -0.25) is 0 Å². The van der Waals surface area contributed by atoms with Crippen molar-refractivity contribution in [3.05, 3.63) is 42.2 Å². The summed E-state index contributed by atoms with van der Waals surface area (Å²) in [6.07, 6.45) is -12.5. The largest absolute Gasteiger partial charge is 0.504 e. The highest BCUT2D eigenvalue weighted by Crippen LogP contribution is 2.61. The third-order valence-corrected chi connectivity index (χ3v) is 9.34. The predicted molar refractivity (Wildman–Crippen MR) is 150 cm³/mol. The molecule has 1 aromatic rings. The quantitative estimate of drug-likeness (QED) is 0.0546. The average Bonchev–Trinajstić information content (AvgIpc) is 3.73. The molecule has 1 aliphatic carbocycles. The van der Waals surface area contributed by atoms with Gasteiger partial charge in [-0.05, 0) is 36.8 Å². The van der Waals surface area contributed by atoms with Gasteiger partial charge in [-0.15, -0.1) is 0 Å². The van der Waals surface area contributed by atoms with E-state index in [1.54, 1.807) is 6.08 Å². The van der Waals surface area contributed by atoms with E-state index >= 15 is 0 Å². The number of benzene rings is 1. The molecule has 16 atom stereocenters. The third-order valence-electron chi connectivity index (χ3n) is 9.34. The second-order valence-corrected chi connectivity index (χ2v) is 12.2. The summed E-state index contributed by atoms with van der Waals surface area (Å²) in [6.45, 7) is 0.303. The molecule has 4 heterocycles. The number of esters is 1. The van der Waals surface area contributed by atoms with Crippen molar-refractivity contribution in [2.45, 2.75) is 92.4 Å². The number of phenolic OH excluding ortho intramolecular Hbond substituents is 2. The van der Waals surface area contributed by atoms with Gasteiger partial charge in [0.05, 0.1) is 37.6 Å². The van der Waals surface area contributed by atoms with Crippen LogP contribution in [0.2, 0.25) is 0 Å². The topological polar surface area (TPSA) is 267 Å². The van der Waals surface area contributed by atoms with Crippen LogP contribution in [-0.2, 0) is 38.0 Å². The van der Waals surface area contributed by atoms with Crippen LogP contribution in [-0.4, -0.2) is 151 Å². The summed E-state index contributed by atoms with van der Waals surface area (Å²) in [4.78, 5) is 12.8. The molecule has 0 spiro atoms. The molecule has 3 saturated heterocycles. The Morgan fingerprint density at radius 1 is 0.894 bits per heavy atom. The number of hydrogen-bond donors (Lipinski definition) is 9. The molecule has 0 bridgehead atoms. The van der Waals surface area contributed by atoms with Gasteiger partial charge in [0.1, 0.15) is 48.3 Å².